The molecule has 1 aliphatic rings. The second kappa shape index (κ2) is 4.55. The summed E-state index contributed by atoms with van der Waals surface area (Å²) in [6.45, 7) is 5.34. The van der Waals surface area contributed by atoms with Crippen molar-refractivity contribution in [1.82, 2.24) is 4.31 Å². The van der Waals surface area contributed by atoms with E-state index in [9.17, 15) is 8.42 Å². The summed E-state index contributed by atoms with van der Waals surface area (Å²) in [6.07, 6.45) is 1.96. The maximum Gasteiger partial charge on any atom is 0.245 e. The van der Waals surface area contributed by atoms with Crippen LogP contribution in [0, 0.1) is 5.41 Å². The van der Waals surface area contributed by atoms with Crippen molar-refractivity contribution in [2.24, 2.45) is 5.41 Å². The van der Waals surface area contributed by atoms with E-state index in [1.165, 1.54) is 0 Å². The molecule has 0 amide bonds. The number of anilines is 1. The monoisotopic (exact) mass is 268 g/mol. The van der Waals surface area contributed by atoms with Crippen molar-refractivity contribution in [2.75, 3.05) is 18.8 Å². The summed E-state index contributed by atoms with van der Waals surface area (Å²) in [7, 11) is -3.46. The minimum atomic E-state index is -3.46. The summed E-state index contributed by atoms with van der Waals surface area (Å²) in [5.74, 6) is 0. The minimum absolute atomic E-state index is 0.0366. The highest BCUT2D eigenvalue weighted by molar-refractivity contribution is 7.89. The van der Waals surface area contributed by atoms with Crippen LogP contribution >= 0.6 is 0 Å². The zero-order chi connectivity index (χ0) is 13.4. The summed E-state index contributed by atoms with van der Waals surface area (Å²) >= 11 is 0. The molecule has 1 aromatic rings. The zero-order valence-corrected chi connectivity index (χ0v) is 11.7. The zero-order valence-electron chi connectivity index (χ0n) is 10.9. The second-order valence-electron chi connectivity index (χ2n) is 5.64. The third-order valence-corrected chi connectivity index (χ3v) is 5.32. The Balaban J connectivity index is 2.35. The van der Waals surface area contributed by atoms with Gasteiger partial charge in [0.15, 0.2) is 0 Å². The first kappa shape index (κ1) is 13.4. The smallest absolute Gasteiger partial charge is 0.245 e. The summed E-state index contributed by atoms with van der Waals surface area (Å²) in [4.78, 5) is 0.225. The van der Waals surface area contributed by atoms with E-state index >= 15 is 0 Å². The Morgan fingerprint density at radius 3 is 2.56 bits per heavy atom. The first-order valence-corrected chi connectivity index (χ1v) is 7.62. The summed E-state index contributed by atoms with van der Waals surface area (Å²) in [5, 5.41) is 0. The third kappa shape index (κ3) is 2.52. The SMILES string of the molecule is CC1(C)CCCN(S(=O)(=O)c2ccccc2N)C1. The van der Waals surface area contributed by atoms with Gasteiger partial charge in [0.1, 0.15) is 4.90 Å². The molecule has 1 saturated heterocycles. The molecule has 1 aromatic carbocycles. The average Bonchev–Trinajstić information content (AvgIpc) is 2.28. The topological polar surface area (TPSA) is 63.4 Å². The minimum Gasteiger partial charge on any atom is -0.398 e. The van der Waals surface area contributed by atoms with E-state index < -0.39 is 10.0 Å². The molecule has 0 saturated carbocycles. The van der Waals surface area contributed by atoms with E-state index in [1.54, 1.807) is 28.6 Å². The number of hydrogen-bond acceptors (Lipinski definition) is 3. The molecule has 0 spiro atoms. The number of sulfonamides is 1. The predicted octanol–water partition coefficient (Wildman–Crippen LogP) is 2.08. The largest absolute Gasteiger partial charge is 0.398 e. The molecule has 5 heteroatoms. The maximum absolute atomic E-state index is 12.5. The number of nitrogens with two attached hydrogens (primary N) is 1. The predicted molar refractivity (Wildman–Crippen MR) is 72.6 cm³/mol. The Hall–Kier alpha value is -1.07. The molecule has 0 atom stereocenters. The van der Waals surface area contributed by atoms with Crippen LogP contribution in [0.3, 0.4) is 0 Å². The van der Waals surface area contributed by atoms with Gasteiger partial charge in [0.25, 0.3) is 0 Å². The molecule has 1 heterocycles. The lowest BCUT2D eigenvalue weighted by molar-refractivity contribution is 0.187. The van der Waals surface area contributed by atoms with Crippen molar-refractivity contribution in [3.05, 3.63) is 24.3 Å². The van der Waals surface area contributed by atoms with Crippen LogP contribution in [-0.4, -0.2) is 25.8 Å². The fourth-order valence-electron chi connectivity index (χ4n) is 2.43. The fourth-order valence-corrected chi connectivity index (χ4v) is 4.21. The van der Waals surface area contributed by atoms with Gasteiger partial charge in [-0.15, -0.1) is 0 Å². The van der Waals surface area contributed by atoms with Crippen molar-refractivity contribution < 1.29 is 8.42 Å². The van der Waals surface area contributed by atoms with E-state index in [2.05, 4.69) is 13.8 Å². The van der Waals surface area contributed by atoms with E-state index in [0.29, 0.717) is 18.8 Å². The number of para-hydroxylation sites is 1. The van der Waals surface area contributed by atoms with Gasteiger partial charge in [-0.1, -0.05) is 26.0 Å². The molecule has 1 fully saturated rings. The molecule has 2 rings (SSSR count). The highest BCUT2D eigenvalue weighted by atomic mass is 32.2. The van der Waals surface area contributed by atoms with Crippen LogP contribution in [0.1, 0.15) is 26.7 Å². The van der Waals surface area contributed by atoms with Crippen LogP contribution < -0.4 is 5.73 Å². The third-order valence-electron chi connectivity index (χ3n) is 3.40. The number of nitrogen functional groups attached to an aromatic ring is 1. The first-order valence-electron chi connectivity index (χ1n) is 6.18. The Morgan fingerprint density at radius 2 is 1.94 bits per heavy atom. The normalized spacial score (nSPS) is 20.8. The Bertz CT molecular complexity index is 538. The lowest BCUT2D eigenvalue weighted by Gasteiger charge is -2.37. The van der Waals surface area contributed by atoms with E-state index in [1.807, 2.05) is 0 Å². The first-order chi connectivity index (χ1) is 8.33. The summed E-state index contributed by atoms with van der Waals surface area (Å²) in [6, 6.07) is 6.65. The van der Waals surface area contributed by atoms with Gasteiger partial charge < -0.3 is 5.73 Å². The van der Waals surface area contributed by atoms with Gasteiger partial charge in [-0.2, -0.15) is 4.31 Å². The lowest BCUT2D eigenvalue weighted by atomic mass is 9.85. The molecular weight excluding hydrogens is 248 g/mol. The van der Waals surface area contributed by atoms with Gasteiger partial charge in [-0.05, 0) is 30.4 Å². The van der Waals surface area contributed by atoms with Crippen LogP contribution in [0.25, 0.3) is 0 Å². The van der Waals surface area contributed by atoms with E-state index in [4.69, 9.17) is 5.73 Å². The highest BCUT2D eigenvalue weighted by Gasteiger charge is 2.34. The Kier molecular flexibility index (Phi) is 3.38. The number of rotatable bonds is 2. The van der Waals surface area contributed by atoms with Crippen molar-refractivity contribution in [3.8, 4) is 0 Å². The van der Waals surface area contributed by atoms with E-state index in [0.717, 1.165) is 12.8 Å². The average molecular weight is 268 g/mol. The van der Waals surface area contributed by atoms with Gasteiger partial charge in [0.05, 0.1) is 5.69 Å². The van der Waals surface area contributed by atoms with Gasteiger partial charge in [0.2, 0.25) is 10.0 Å². The van der Waals surface area contributed by atoms with Crippen LogP contribution in [0.5, 0.6) is 0 Å². The van der Waals surface area contributed by atoms with Crippen LogP contribution in [0.2, 0.25) is 0 Å². The van der Waals surface area contributed by atoms with Crippen molar-refractivity contribution in [3.63, 3.8) is 0 Å². The Morgan fingerprint density at radius 1 is 1.28 bits per heavy atom. The molecule has 4 nitrogen and oxygen atoms in total. The molecule has 100 valence electrons. The molecule has 1 aliphatic heterocycles. The van der Waals surface area contributed by atoms with Crippen molar-refractivity contribution >= 4 is 15.7 Å². The summed E-state index contributed by atoms with van der Waals surface area (Å²) < 4.78 is 26.6. The summed E-state index contributed by atoms with van der Waals surface area (Å²) in [5.41, 5.74) is 6.13. The fraction of sp³-hybridized carbons (Fsp3) is 0.538. The molecule has 0 bridgehead atoms. The molecule has 0 aliphatic carbocycles. The van der Waals surface area contributed by atoms with Gasteiger partial charge >= 0.3 is 0 Å². The second-order valence-corrected chi connectivity index (χ2v) is 7.55. The molecular formula is C13H20N2O2S. The van der Waals surface area contributed by atoms with Gasteiger partial charge in [0, 0.05) is 13.1 Å². The van der Waals surface area contributed by atoms with Crippen LogP contribution in [0.15, 0.2) is 29.2 Å². The number of benzene rings is 1. The molecule has 0 unspecified atom stereocenters. The van der Waals surface area contributed by atoms with Crippen molar-refractivity contribution in [2.45, 2.75) is 31.6 Å². The van der Waals surface area contributed by atoms with Gasteiger partial charge in [-0.25, -0.2) is 8.42 Å². The maximum atomic E-state index is 12.5. The molecule has 0 aromatic heterocycles. The molecule has 18 heavy (non-hydrogen) atoms. The lowest BCUT2D eigenvalue weighted by Crippen LogP contribution is -2.43. The van der Waals surface area contributed by atoms with E-state index in [-0.39, 0.29) is 10.3 Å². The van der Waals surface area contributed by atoms with Crippen LogP contribution in [0.4, 0.5) is 5.69 Å². The van der Waals surface area contributed by atoms with Gasteiger partial charge in [-0.3, -0.25) is 0 Å². The standard InChI is InChI=1S/C13H20N2O2S/c1-13(2)8-5-9-15(10-13)18(16,17)12-7-4-3-6-11(12)14/h3-4,6-7H,5,8-10,14H2,1-2H3. The molecule has 0 radical (unpaired) electrons. The molecule has 2 N–H and O–H groups in total. The number of nitrogens with zero attached hydrogens (tertiary/aromatic N) is 1. The van der Waals surface area contributed by atoms with Crippen molar-refractivity contribution in [1.29, 1.82) is 0 Å². The highest BCUT2D eigenvalue weighted by Crippen LogP contribution is 2.32. The quantitative estimate of drug-likeness (QED) is 0.835. The number of piperidine rings is 1. The Labute approximate surface area is 109 Å². The van der Waals surface area contributed by atoms with Crippen LogP contribution in [-0.2, 0) is 10.0 Å². The number of hydrogen-bond donors (Lipinski definition) is 1.